The van der Waals surface area contributed by atoms with Crippen LogP contribution >= 0.6 is 23.2 Å². The van der Waals surface area contributed by atoms with Crippen LogP contribution in [-0.4, -0.2) is 29.8 Å². The molecule has 0 aliphatic carbocycles. The minimum Gasteiger partial charge on any atom is -0.474 e. The molecule has 0 aromatic carbocycles. The van der Waals surface area contributed by atoms with Crippen LogP contribution in [0.25, 0.3) is 0 Å². The summed E-state index contributed by atoms with van der Waals surface area (Å²) in [6.07, 6.45) is 1.40. The van der Waals surface area contributed by atoms with Crippen LogP contribution in [0.4, 0.5) is 0 Å². The first kappa shape index (κ1) is 11.5. The highest BCUT2D eigenvalue weighted by atomic mass is 35.5. The van der Waals surface area contributed by atoms with E-state index < -0.39 is 0 Å². The van der Waals surface area contributed by atoms with Crippen LogP contribution in [0.5, 0.6) is 5.88 Å². The van der Waals surface area contributed by atoms with Crippen LogP contribution in [0.3, 0.4) is 0 Å². The average molecular weight is 237 g/mol. The molecule has 0 unspecified atom stereocenters. The molecule has 0 aliphatic heterocycles. The monoisotopic (exact) mass is 236 g/mol. The zero-order valence-electron chi connectivity index (χ0n) is 7.67. The Balaban J connectivity index is 2.45. The first-order chi connectivity index (χ1) is 6.74. The molecule has 4 nitrogen and oxygen atoms in total. The number of hydrogen-bond donors (Lipinski definition) is 0. The molecule has 0 atom stereocenters. The molecule has 0 saturated heterocycles. The minimum atomic E-state index is 0.112. The average Bonchev–Trinajstić information content (AvgIpc) is 2.18. The van der Waals surface area contributed by atoms with Gasteiger partial charge in [-0.15, -0.1) is 0 Å². The Morgan fingerprint density at radius 3 is 2.86 bits per heavy atom. The Hall–Kier alpha value is -0.580. The van der Waals surface area contributed by atoms with E-state index in [9.17, 15) is 0 Å². The van der Waals surface area contributed by atoms with Gasteiger partial charge in [0.1, 0.15) is 11.6 Å². The van der Waals surface area contributed by atoms with Crippen LogP contribution < -0.4 is 4.74 Å². The van der Waals surface area contributed by atoms with Gasteiger partial charge in [-0.1, -0.05) is 11.6 Å². The van der Waals surface area contributed by atoms with E-state index in [4.69, 9.17) is 32.7 Å². The summed E-state index contributed by atoms with van der Waals surface area (Å²) in [4.78, 5) is 7.51. The Kier molecular flexibility index (Phi) is 4.93. The summed E-state index contributed by atoms with van der Waals surface area (Å²) in [6, 6.07) is 0. The van der Waals surface area contributed by atoms with Gasteiger partial charge in [-0.25, -0.2) is 4.98 Å². The Morgan fingerprint density at radius 2 is 2.14 bits per heavy atom. The lowest BCUT2D eigenvalue weighted by atomic mass is 10.6. The van der Waals surface area contributed by atoms with Crippen molar-refractivity contribution in [3.05, 3.63) is 16.5 Å². The zero-order chi connectivity index (χ0) is 10.4. The quantitative estimate of drug-likeness (QED) is 0.581. The topological polar surface area (TPSA) is 44.2 Å². The summed E-state index contributed by atoms with van der Waals surface area (Å²) in [5.41, 5.74) is 0. The number of hydrogen-bond acceptors (Lipinski definition) is 4. The first-order valence-electron chi connectivity index (χ1n) is 4.12. The molecule has 0 amide bonds. The Labute approximate surface area is 92.2 Å². The summed E-state index contributed by atoms with van der Waals surface area (Å²) in [5.74, 6) is 0.284. The molecule has 78 valence electrons. The van der Waals surface area contributed by atoms with E-state index in [-0.39, 0.29) is 11.2 Å². The molecule has 1 aromatic rings. The third-order valence-electron chi connectivity index (χ3n) is 1.35. The van der Waals surface area contributed by atoms with E-state index in [1.165, 1.54) is 6.20 Å². The molecule has 1 heterocycles. The third-order valence-corrected chi connectivity index (χ3v) is 1.79. The van der Waals surface area contributed by atoms with Crippen molar-refractivity contribution in [1.29, 1.82) is 0 Å². The predicted octanol–water partition coefficient (Wildman–Crippen LogP) is 2.20. The molecule has 6 heteroatoms. The molecule has 0 bridgehead atoms. The molecule has 1 rings (SSSR count). The van der Waals surface area contributed by atoms with Crippen LogP contribution in [0, 0.1) is 0 Å². The lowest BCUT2D eigenvalue weighted by molar-refractivity contribution is 0.108. The standard InChI is InChI=1S/C8H10Cl2N2O2/c1-2-13-3-4-14-7-6(9)5-11-8(10)12-7/h5H,2-4H2,1H3. The molecule has 1 aromatic heterocycles. The number of ether oxygens (including phenoxy) is 2. The number of halogens is 2. The summed E-state index contributed by atoms with van der Waals surface area (Å²) in [7, 11) is 0. The summed E-state index contributed by atoms with van der Waals surface area (Å²) >= 11 is 11.3. The second-order valence-corrected chi connectivity index (χ2v) is 3.08. The molecular weight excluding hydrogens is 227 g/mol. The molecule has 0 N–H and O–H groups in total. The van der Waals surface area contributed by atoms with E-state index in [2.05, 4.69) is 9.97 Å². The highest BCUT2D eigenvalue weighted by Gasteiger charge is 2.04. The highest BCUT2D eigenvalue weighted by molar-refractivity contribution is 6.32. The fourth-order valence-electron chi connectivity index (χ4n) is 0.774. The van der Waals surface area contributed by atoms with Gasteiger partial charge >= 0.3 is 0 Å². The van der Waals surface area contributed by atoms with E-state index in [1.807, 2.05) is 6.92 Å². The van der Waals surface area contributed by atoms with Gasteiger partial charge in [0.15, 0.2) is 0 Å². The van der Waals surface area contributed by atoms with Crippen molar-refractivity contribution >= 4 is 23.2 Å². The Bertz CT molecular complexity index is 297. The van der Waals surface area contributed by atoms with Gasteiger partial charge in [0, 0.05) is 6.61 Å². The smallest absolute Gasteiger partial charge is 0.237 e. The molecule has 0 spiro atoms. The molecule has 0 aliphatic rings. The molecule has 0 saturated carbocycles. The van der Waals surface area contributed by atoms with Crippen molar-refractivity contribution in [3.8, 4) is 5.88 Å². The van der Waals surface area contributed by atoms with Crippen LogP contribution in [-0.2, 0) is 4.74 Å². The van der Waals surface area contributed by atoms with Gasteiger partial charge in [-0.05, 0) is 18.5 Å². The van der Waals surface area contributed by atoms with E-state index in [0.29, 0.717) is 24.8 Å². The van der Waals surface area contributed by atoms with Crippen molar-refractivity contribution in [1.82, 2.24) is 9.97 Å². The number of aromatic nitrogens is 2. The Morgan fingerprint density at radius 1 is 1.36 bits per heavy atom. The maximum Gasteiger partial charge on any atom is 0.237 e. The normalized spacial score (nSPS) is 10.2. The number of nitrogens with zero attached hydrogens (tertiary/aromatic N) is 2. The second-order valence-electron chi connectivity index (χ2n) is 2.34. The van der Waals surface area contributed by atoms with Gasteiger partial charge in [-0.2, -0.15) is 4.98 Å². The minimum absolute atomic E-state index is 0.112. The van der Waals surface area contributed by atoms with Crippen LogP contribution in [0.15, 0.2) is 6.20 Å². The fraction of sp³-hybridized carbons (Fsp3) is 0.500. The number of rotatable bonds is 5. The van der Waals surface area contributed by atoms with E-state index in [1.54, 1.807) is 0 Å². The van der Waals surface area contributed by atoms with Gasteiger partial charge < -0.3 is 9.47 Å². The zero-order valence-corrected chi connectivity index (χ0v) is 9.18. The summed E-state index contributed by atoms with van der Waals surface area (Å²) in [5, 5.41) is 0.451. The lowest BCUT2D eigenvalue weighted by Gasteiger charge is -2.06. The van der Waals surface area contributed by atoms with Crippen molar-refractivity contribution in [2.24, 2.45) is 0 Å². The van der Waals surface area contributed by atoms with Crippen LogP contribution in [0.2, 0.25) is 10.3 Å². The van der Waals surface area contributed by atoms with Crippen molar-refractivity contribution < 1.29 is 9.47 Å². The summed E-state index contributed by atoms with van der Waals surface area (Å²) < 4.78 is 10.3. The van der Waals surface area contributed by atoms with Crippen molar-refractivity contribution in [3.63, 3.8) is 0 Å². The molecule has 0 fully saturated rings. The third kappa shape index (κ3) is 3.65. The van der Waals surface area contributed by atoms with Gasteiger partial charge in [0.25, 0.3) is 0 Å². The van der Waals surface area contributed by atoms with Gasteiger partial charge in [0.05, 0.1) is 12.8 Å². The first-order valence-corrected chi connectivity index (χ1v) is 4.88. The van der Waals surface area contributed by atoms with Crippen molar-refractivity contribution in [2.45, 2.75) is 6.92 Å². The molecule has 14 heavy (non-hydrogen) atoms. The van der Waals surface area contributed by atoms with Crippen LogP contribution in [0.1, 0.15) is 6.92 Å². The molecule has 0 radical (unpaired) electrons. The highest BCUT2D eigenvalue weighted by Crippen LogP contribution is 2.21. The van der Waals surface area contributed by atoms with Gasteiger partial charge in [0.2, 0.25) is 11.2 Å². The predicted molar refractivity (Wildman–Crippen MR) is 54.0 cm³/mol. The van der Waals surface area contributed by atoms with E-state index >= 15 is 0 Å². The SMILES string of the molecule is CCOCCOc1nc(Cl)ncc1Cl. The lowest BCUT2D eigenvalue weighted by Crippen LogP contribution is -2.07. The maximum absolute atomic E-state index is 5.76. The maximum atomic E-state index is 5.76. The van der Waals surface area contributed by atoms with Gasteiger partial charge in [-0.3, -0.25) is 0 Å². The largest absolute Gasteiger partial charge is 0.474 e. The van der Waals surface area contributed by atoms with E-state index in [0.717, 1.165) is 0 Å². The van der Waals surface area contributed by atoms with Crippen molar-refractivity contribution in [2.75, 3.05) is 19.8 Å². The molecular formula is C8H10Cl2N2O2. The fourth-order valence-corrected chi connectivity index (χ4v) is 1.05. The second kappa shape index (κ2) is 6.01. The summed E-state index contributed by atoms with van der Waals surface area (Å²) in [6.45, 7) is 3.45.